The second-order valence-corrected chi connectivity index (χ2v) is 7.44. The van der Waals surface area contributed by atoms with Gasteiger partial charge < -0.3 is 9.64 Å². The third-order valence-corrected chi connectivity index (χ3v) is 5.34. The van der Waals surface area contributed by atoms with E-state index in [-0.39, 0.29) is 17.2 Å². The van der Waals surface area contributed by atoms with Crippen LogP contribution >= 0.6 is 11.8 Å². The number of amides is 1. The molecule has 1 aliphatic rings. The summed E-state index contributed by atoms with van der Waals surface area (Å²) in [5.41, 5.74) is 2.32. The van der Waals surface area contributed by atoms with Crippen LogP contribution in [-0.4, -0.2) is 23.1 Å². The molecule has 0 bridgehead atoms. The molecule has 2 aromatic carbocycles. The minimum absolute atomic E-state index is 0.0414. The van der Waals surface area contributed by atoms with Gasteiger partial charge in [0.15, 0.2) is 0 Å². The molecule has 1 fully saturated rings. The molecule has 126 valence electrons. The number of carbonyl (C=O) groups excluding carboxylic acids is 1. The molecule has 0 spiro atoms. The van der Waals surface area contributed by atoms with Crippen LogP contribution in [0.5, 0.6) is 5.75 Å². The van der Waals surface area contributed by atoms with Crippen molar-refractivity contribution < 1.29 is 9.53 Å². The van der Waals surface area contributed by atoms with Gasteiger partial charge >= 0.3 is 0 Å². The largest absolute Gasteiger partial charge is 0.489 e. The highest BCUT2D eigenvalue weighted by atomic mass is 32.2. The molecule has 0 N–H and O–H groups in total. The van der Waals surface area contributed by atoms with Crippen molar-refractivity contribution in [1.29, 1.82) is 0 Å². The summed E-state index contributed by atoms with van der Waals surface area (Å²) in [5, 5.41) is 0.128. The van der Waals surface area contributed by atoms with Crippen LogP contribution in [0.3, 0.4) is 0 Å². The lowest BCUT2D eigenvalue weighted by molar-refractivity contribution is -0.134. The van der Waals surface area contributed by atoms with Crippen LogP contribution in [0.25, 0.3) is 0 Å². The predicted molar refractivity (Wildman–Crippen MR) is 99.0 cm³/mol. The second-order valence-electron chi connectivity index (χ2n) is 6.25. The highest BCUT2D eigenvalue weighted by Gasteiger charge is 2.31. The molecule has 3 rings (SSSR count). The van der Waals surface area contributed by atoms with E-state index in [0.29, 0.717) is 6.61 Å². The van der Waals surface area contributed by atoms with Crippen molar-refractivity contribution in [3.8, 4) is 5.75 Å². The number of carbonyl (C=O) groups is 1. The Balaban J connectivity index is 1.64. The highest BCUT2D eigenvalue weighted by Crippen LogP contribution is 2.39. The fourth-order valence-electron chi connectivity index (χ4n) is 2.77. The molecule has 24 heavy (non-hydrogen) atoms. The molecule has 1 saturated heterocycles. The molecule has 0 radical (unpaired) electrons. The van der Waals surface area contributed by atoms with Crippen LogP contribution in [-0.2, 0) is 11.4 Å². The third kappa shape index (κ3) is 3.93. The summed E-state index contributed by atoms with van der Waals surface area (Å²) in [7, 11) is 0. The molecule has 1 unspecified atom stereocenters. The predicted octanol–water partition coefficient (Wildman–Crippen LogP) is 4.50. The van der Waals surface area contributed by atoms with Gasteiger partial charge in [0.2, 0.25) is 5.91 Å². The van der Waals surface area contributed by atoms with Crippen LogP contribution in [0.2, 0.25) is 0 Å². The molecule has 0 saturated carbocycles. The lowest BCUT2D eigenvalue weighted by Crippen LogP contribution is -2.33. The number of benzene rings is 2. The Kier molecular flexibility index (Phi) is 5.46. The molecule has 0 aromatic heterocycles. The Morgan fingerprint density at radius 3 is 2.54 bits per heavy atom. The summed E-state index contributed by atoms with van der Waals surface area (Å²) >= 11 is 1.83. The van der Waals surface area contributed by atoms with Gasteiger partial charge in [0.05, 0.1) is 0 Å². The lowest BCUT2D eigenvalue weighted by Gasteiger charge is -2.26. The van der Waals surface area contributed by atoms with Gasteiger partial charge in [-0.05, 0) is 23.3 Å². The van der Waals surface area contributed by atoms with Gasteiger partial charge in [0, 0.05) is 18.2 Å². The molecule has 3 nitrogen and oxygen atoms in total. The number of nitrogens with zero attached hydrogens (tertiary/aromatic N) is 1. The first-order valence-electron chi connectivity index (χ1n) is 8.34. The Morgan fingerprint density at radius 2 is 1.88 bits per heavy atom. The van der Waals surface area contributed by atoms with E-state index in [0.717, 1.165) is 23.6 Å². The van der Waals surface area contributed by atoms with Gasteiger partial charge in [-0.25, -0.2) is 0 Å². The fraction of sp³-hybridized carbons (Fsp3) is 0.350. The second kappa shape index (κ2) is 7.75. The summed E-state index contributed by atoms with van der Waals surface area (Å²) in [4.78, 5) is 14.3. The maximum absolute atomic E-state index is 12.3. The van der Waals surface area contributed by atoms with E-state index >= 15 is 0 Å². The van der Waals surface area contributed by atoms with Crippen LogP contribution in [0, 0.1) is 5.92 Å². The van der Waals surface area contributed by atoms with E-state index < -0.39 is 0 Å². The van der Waals surface area contributed by atoms with E-state index in [1.165, 1.54) is 5.56 Å². The summed E-state index contributed by atoms with van der Waals surface area (Å²) in [6, 6.07) is 18.3. The minimum Gasteiger partial charge on any atom is -0.489 e. The van der Waals surface area contributed by atoms with E-state index in [1.807, 2.05) is 60.8 Å². The summed E-state index contributed by atoms with van der Waals surface area (Å²) < 4.78 is 5.83. The molecule has 1 amide bonds. The minimum atomic E-state index is 0.0414. The number of thioether (sulfide) groups is 1. The number of hydrogen-bond acceptors (Lipinski definition) is 3. The van der Waals surface area contributed by atoms with Crippen LogP contribution in [0.1, 0.15) is 30.3 Å². The van der Waals surface area contributed by atoms with Gasteiger partial charge in [-0.1, -0.05) is 56.3 Å². The first-order valence-corrected chi connectivity index (χ1v) is 9.39. The number of hydrogen-bond donors (Lipinski definition) is 0. The maximum Gasteiger partial charge on any atom is 0.226 e. The molecular formula is C20H23NO2S. The SMILES string of the molecule is CC(C)C(=O)N1CCSC1c1ccc(OCc2ccccc2)cc1. The average molecular weight is 341 g/mol. The van der Waals surface area contributed by atoms with Crippen molar-refractivity contribution in [1.82, 2.24) is 4.90 Å². The van der Waals surface area contributed by atoms with Crippen molar-refractivity contribution in [3.05, 3.63) is 65.7 Å². The van der Waals surface area contributed by atoms with Crippen molar-refractivity contribution in [2.45, 2.75) is 25.8 Å². The quantitative estimate of drug-likeness (QED) is 0.802. The number of rotatable bonds is 5. The van der Waals surface area contributed by atoms with Crippen molar-refractivity contribution in [2.24, 2.45) is 5.92 Å². The molecular weight excluding hydrogens is 318 g/mol. The molecule has 4 heteroatoms. The number of ether oxygens (including phenoxy) is 1. The van der Waals surface area contributed by atoms with Crippen LogP contribution in [0.4, 0.5) is 0 Å². The topological polar surface area (TPSA) is 29.5 Å². The maximum atomic E-state index is 12.3. The Bertz CT molecular complexity index is 670. The molecule has 2 aromatic rings. The zero-order valence-corrected chi connectivity index (χ0v) is 15.0. The first kappa shape index (κ1) is 16.9. The third-order valence-electron chi connectivity index (χ3n) is 4.08. The van der Waals surface area contributed by atoms with Gasteiger partial charge in [-0.3, -0.25) is 4.79 Å². The van der Waals surface area contributed by atoms with E-state index in [4.69, 9.17) is 4.74 Å². The summed E-state index contributed by atoms with van der Waals surface area (Å²) in [5.74, 6) is 2.12. The zero-order valence-electron chi connectivity index (χ0n) is 14.1. The smallest absolute Gasteiger partial charge is 0.226 e. The van der Waals surface area contributed by atoms with Gasteiger partial charge in [0.25, 0.3) is 0 Å². The van der Waals surface area contributed by atoms with Crippen molar-refractivity contribution in [3.63, 3.8) is 0 Å². The van der Waals surface area contributed by atoms with Gasteiger partial charge in [-0.15, -0.1) is 11.8 Å². The van der Waals surface area contributed by atoms with E-state index in [9.17, 15) is 4.79 Å². The summed E-state index contributed by atoms with van der Waals surface area (Å²) in [6.07, 6.45) is 0. The monoisotopic (exact) mass is 341 g/mol. The standard InChI is InChI=1S/C20H23NO2S/c1-15(2)19(22)21-12-13-24-20(21)17-8-10-18(11-9-17)23-14-16-6-4-3-5-7-16/h3-11,15,20H,12-14H2,1-2H3. The highest BCUT2D eigenvalue weighted by molar-refractivity contribution is 7.99. The van der Waals surface area contributed by atoms with E-state index in [2.05, 4.69) is 24.3 Å². The summed E-state index contributed by atoms with van der Waals surface area (Å²) in [6.45, 7) is 5.32. The Morgan fingerprint density at radius 1 is 1.17 bits per heavy atom. The van der Waals surface area contributed by atoms with E-state index in [1.54, 1.807) is 0 Å². The lowest BCUT2D eigenvalue weighted by atomic mass is 10.1. The normalized spacial score (nSPS) is 17.3. The van der Waals surface area contributed by atoms with Crippen molar-refractivity contribution >= 4 is 17.7 Å². The molecule has 1 atom stereocenters. The average Bonchev–Trinajstić information content (AvgIpc) is 3.10. The fourth-order valence-corrected chi connectivity index (χ4v) is 4.04. The van der Waals surface area contributed by atoms with Crippen LogP contribution < -0.4 is 4.74 Å². The van der Waals surface area contributed by atoms with Gasteiger partial charge in [0.1, 0.15) is 17.7 Å². The Labute approximate surface area is 148 Å². The molecule has 0 aliphatic carbocycles. The van der Waals surface area contributed by atoms with Crippen molar-refractivity contribution in [2.75, 3.05) is 12.3 Å². The Hall–Kier alpha value is -1.94. The van der Waals surface area contributed by atoms with Crippen LogP contribution in [0.15, 0.2) is 54.6 Å². The first-order chi connectivity index (χ1) is 11.6. The zero-order chi connectivity index (χ0) is 16.9. The van der Waals surface area contributed by atoms with Gasteiger partial charge in [-0.2, -0.15) is 0 Å². The molecule has 1 heterocycles. The molecule has 1 aliphatic heterocycles.